The van der Waals surface area contributed by atoms with E-state index in [0.717, 1.165) is 50.5 Å². The number of ether oxygens (including phenoxy) is 2. The third-order valence-corrected chi connectivity index (χ3v) is 4.74. The number of amides is 2. The summed E-state index contributed by atoms with van der Waals surface area (Å²) < 4.78 is 10.9. The molecule has 2 N–H and O–H groups in total. The van der Waals surface area contributed by atoms with E-state index in [2.05, 4.69) is 15.5 Å². The van der Waals surface area contributed by atoms with Crippen LogP contribution in [-0.4, -0.2) is 56.4 Å². The topological polar surface area (TPSA) is 62.8 Å². The van der Waals surface area contributed by atoms with Crippen molar-refractivity contribution in [2.75, 3.05) is 38.7 Å². The van der Waals surface area contributed by atoms with Gasteiger partial charge in [-0.15, -0.1) is 0 Å². The standard InChI is InChI=1S/C18H27N3O3/c1-23-16-5-2-4-15(12-16)20-18(22)19-14-7-9-21(10-8-14)13-17-6-3-11-24-17/h2,4-5,12,14,17H,3,6-11,13H2,1H3,(H2,19,20,22). The molecule has 2 aliphatic rings. The van der Waals surface area contributed by atoms with E-state index in [0.29, 0.717) is 6.10 Å². The second kappa shape index (κ2) is 8.35. The Kier molecular flexibility index (Phi) is 5.93. The molecule has 0 aliphatic carbocycles. The minimum atomic E-state index is -0.152. The van der Waals surface area contributed by atoms with Crippen LogP contribution in [0.2, 0.25) is 0 Å². The lowest BCUT2D eigenvalue weighted by Gasteiger charge is -2.33. The van der Waals surface area contributed by atoms with Crippen LogP contribution in [0.3, 0.4) is 0 Å². The van der Waals surface area contributed by atoms with Crippen molar-refractivity contribution in [1.82, 2.24) is 10.2 Å². The number of piperidine rings is 1. The zero-order chi connectivity index (χ0) is 16.8. The minimum absolute atomic E-state index is 0.152. The first kappa shape index (κ1) is 17.0. The van der Waals surface area contributed by atoms with E-state index in [-0.39, 0.29) is 12.1 Å². The van der Waals surface area contributed by atoms with Crippen molar-refractivity contribution >= 4 is 11.7 Å². The summed E-state index contributed by atoms with van der Waals surface area (Å²) in [5, 5.41) is 5.94. The van der Waals surface area contributed by atoms with Crippen LogP contribution in [0.25, 0.3) is 0 Å². The number of hydrogen-bond acceptors (Lipinski definition) is 4. The van der Waals surface area contributed by atoms with E-state index >= 15 is 0 Å². The van der Waals surface area contributed by atoms with E-state index in [1.807, 2.05) is 24.3 Å². The molecule has 6 nitrogen and oxygen atoms in total. The maximum atomic E-state index is 12.1. The number of urea groups is 1. The third-order valence-electron chi connectivity index (χ3n) is 4.74. The molecule has 0 aromatic heterocycles. The van der Waals surface area contributed by atoms with E-state index in [1.54, 1.807) is 7.11 Å². The number of nitrogens with zero attached hydrogens (tertiary/aromatic N) is 1. The summed E-state index contributed by atoms with van der Waals surface area (Å²) in [7, 11) is 1.61. The number of carbonyl (C=O) groups excluding carboxylic acids is 1. The predicted molar refractivity (Wildman–Crippen MR) is 93.6 cm³/mol. The smallest absolute Gasteiger partial charge is 0.319 e. The number of rotatable bonds is 5. The summed E-state index contributed by atoms with van der Waals surface area (Å²) >= 11 is 0. The van der Waals surface area contributed by atoms with Crippen molar-refractivity contribution in [2.45, 2.75) is 37.8 Å². The molecular weight excluding hydrogens is 306 g/mol. The molecule has 0 saturated carbocycles. The molecule has 2 aliphatic heterocycles. The SMILES string of the molecule is COc1cccc(NC(=O)NC2CCN(CC3CCCO3)CC2)c1. The van der Waals surface area contributed by atoms with Gasteiger partial charge in [-0.05, 0) is 37.8 Å². The van der Waals surface area contributed by atoms with Gasteiger partial charge in [0.25, 0.3) is 0 Å². The van der Waals surface area contributed by atoms with Crippen LogP contribution in [0.4, 0.5) is 10.5 Å². The van der Waals surface area contributed by atoms with Gasteiger partial charge in [0.2, 0.25) is 0 Å². The monoisotopic (exact) mass is 333 g/mol. The van der Waals surface area contributed by atoms with Crippen molar-refractivity contribution < 1.29 is 14.3 Å². The first-order valence-corrected chi connectivity index (χ1v) is 8.78. The van der Waals surface area contributed by atoms with Crippen LogP contribution in [0, 0.1) is 0 Å². The predicted octanol–water partition coefficient (Wildman–Crippen LogP) is 2.46. The number of methoxy groups -OCH3 is 1. The molecule has 6 heteroatoms. The molecular formula is C18H27N3O3. The average molecular weight is 333 g/mol. The van der Waals surface area contributed by atoms with E-state index in [4.69, 9.17) is 9.47 Å². The Hall–Kier alpha value is -1.79. The molecule has 2 heterocycles. The summed E-state index contributed by atoms with van der Waals surface area (Å²) in [5.74, 6) is 0.732. The number of hydrogen-bond donors (Lipinski definition) is 2. The van der Waals surface area contributed by atoms with Crippen molar-refractivity contribution in [3.63, 3.8) is 0 Å². The number of likely N-dealkylation sites (tertiary alicyclic amines) is 1. The van der Waals surface area contributed by atoms with Gasteiger partial charge in [0.15, 0.2) is 0 Å². The van der Waals surface area contributed by atoms with Crippen molar-refractivity contribution in [2.24, 2.45) is 0 Å². The Morgan fingerprint density at radius 1 is 1.33 bits per heavy atom. The average Bonchev–Trinajstić information content (AvgIpc) is 3.10. The maximum absolute atomic E-state index is 12.1. The quantitative estimate of drug-likeness (QED) is 0.869. The largest absolute Gasteiger partial charge is 0.497 e. The lowest BCUT2D eigenvalue weighted by Crippen LogP contribution is -2.47. The Morgan fingerprint density at radius 2 is 2.17 bits per heavy atom. The second-order valence-corrected chi connectivity index (χ2v) is 6.54. The minimum Gasteiger partial charge on any atom is -0.497 e. The van der Waals surface area contributed by atoms with E-state index in [9.17, 15) is 4.79 Å². The summed E-state index contributed by atoms with van der Waals surface area (Å²) in [4.78, 5) is 14.6. The van der Waals surface area contributed by atoms with Crippen LogP contribution in [-0.2, 0) is 4.74 Å². The molecule has 0 radical (unpaired) electrons. The lowest BCUT2D eigenvalue weighted by molar-refractivity contribution is 0.0633. The highest BCUT2D eigenvalue weighted by Crippen LogP contribution is 2.18. The van der Waals surface area contributed by atoms with Gasteiger partial charge in [-0.3, -0.25) is 0 Å². The molecule has 1 aromatic rings. The second-order valence-electron chi connectivity index (χ2n) is 6.54. The molecule has 24 heavy (non-hydrogen) atoms. The lowest BCUT2D eigenvalue weighted by atomic mass is 10.0. The highest BCUT2D eigenvalue weighted by atomic mass is 16.5. The first-order chi connectivity index (χ1) is 11.7. The molecule has 1 atom stereocenters. The van der Waals surface area contributed by atoms with Crippen molar-refractivity contribution in [1.29, 1.82) is 0 Å². The van der Waals surface area contributed by atoms with Crippen molar-refractivity contribution in [3.05, 3.63) is 24.3 Å². The molecule has 132 valence electrons. The Bertz CT molecular complexity index is 538. The van der Waals surface area contributed by atoms with Crippen LogP contribution < -0.4 is 15.4 Å². The zero-order valence-electron chi connectivity index (χ0n) is 14.3. The fraction of sp³-hybridized carbons (Fsp3) is 0.611. The maximum Gasteiger partial charge on any atom is 0.319 e. The van der Waals surface area contributed by atoms with Gasteiger partial charge >= 0.3 is 6.03 Å². The van der Waals surface area contributed by atoms with E-state index in [1.165, 1.54) is 12.8 Å². The van der Waals surface area contributed by atoms with E-state index < -0.39 is 0 Å². The van der Waals surface area contributed by atoms with Gasteiger partial charge in [-0.1, -0.05) is 6.07 Å². The van der Waals surface area contributed by atoms with Crippen LogP contribution in [0.1, 0.15) is 25.7 Å². The summed E-state index contributed by atoms with van der Waals surface area (Å²) in [6.07, 6.45) is 4.75. The van der Waals surface area contributed by atoms with Gasteiger partial charge in [0.05, 0.1) is 13.2 Å². The van der Waals surface area contributed by atoms with Gasteiger partial charge in [-0.2, -0.15) is 0 Å². The third kappa shape index (κ3) is 4.85. The normalized spacial score (nSPS) is 22.3. The highest BCUT2D eigenvalue weighted by molar-refractivity contribution is 5.89. The molecule has 2 amide bonds. The van der Waals surface area contributed by atoms with Gasteiger partial charge in [0, 0.05) is 44.0 Å². The van der Waals surface area contributed by atoms with Crippen LogP contribution in [0.5, 0.6) is 5.75 Å². The Morgan fingerprint density at radius 3 is 2.88 bits per heavy atom. The fourth-order valence-corrected chi connectivity index (χ4v) is 3.39. The summed E-state index contributed by atoms with van der Waals surface area (Å²) in [5.41, 5.74) is 0.739. The fourth-order valence-electron chi connectivity index (χ4n) is 3.39. The number of carbonyl (C=O) groups is 1. The zero-order valence-corrected chi connectivity index (χ0v) is 14.3. The number of benzene rings is 1. The molecule has 0 bridgehead atoms. The van der Waals surface area contributed by atoms with Crippen LogP contribution in [0.15, 0.2) is 24.3 Å². The van der Waals surface area contributed by atoms with Gasteiger partial charge < -0.3 is 25.0 Å². The molecule has 3 rings (SSSR count). The van der Waals surface area contributed by atoms with Gasteiger partial charge in [-0.25, -0.2) is 4.79 Å². The van der Waals surface area contributed by atoms with Crippen molar-refractivity contribution in [3.8, 4) is 5.75 Å². The Balaban J connectivity index is 1.39. The molecule has 1 unspecified atom stereocenters. The summed E-state index contributed by atoms with van der Waals surface area (Å²) in [6.45, 7) is 3.98. The first-order valence-electron chi connectivity index (χ1n) is 8.78. The summed E-state index contributed by atoms with van der Waals surface area (Å²) in [6, 6.07) is 7.46. The van der Waals surface area contributed by atoms with Crippen LogP contribution >= 0.6 is 0 Å². The Labute approximate surface area is 143 Å². The number of anilines is 1. The molecule has 2 saturated heterocycles. The number of nitrogens with one attached hydrogen (secondary N) is 2. The highest BCUT2D eigenvalue weighted by Gasteiger charge is 2.24. The molecule has 1 aromatic carbocycles. The van der Waals surface area contributed by atoms with Gasteiger partial charge in [0.1, 0.15) is 5.75 Å². The molecule has 2 fully saturated rings. The molecule has 0 spiro atoms.